The van der Waals surface area contributed by atoms with Crippen LogP contribution in [0.1, 0.15) is 205 Å². The van der Waals surface area contributed by atoms with Crippen LogP contribution in [0.3, 0.4) is 0 Å². The Morgan fingerprint density at radius 1 is 0.250 bits per heavy atom. The Kier molecular flexibility index (Phi) is 11.3. The third-order valence-electron chi connectivity index (χ3n) is 17.0. The van der Waals surface area contributed by atoms with E-state index in [1.54, 1.807) is 0 Å². The SMILES string of the molecule is CC(C)c1cc(C(C)C)c(-c2cc3c4ccc5c(cc6c7ccc(C(C)(C)C)cc7c7cc(-c8c(C(C)C)cc(C(C)C)cc8C(C)C)cc5c76)c4cc4c5ccc(C(C)(C)C)cc5c(c2)c34)c(C(C)C)c1. The fourth-order valence-electron chi connectivity index (χ4n) is 12.8. The quantitative estimate of drug-likeness (QED) is 0.133. The maximum Gasteiger partial charge on any atom is -0.00195 e. The third kappa shape index (κ3) is 7.43. The van der Waals surface area contributed by atoms with Crippen LogP contribution in [0.4, 0.5) is 0 Å². The second-order valence-electron chi connectivity index (χ2n) is 26.1. The van der Waals surface area contributed by atoms with Crippen molar-refractivity contribution in [2.24, 2.45) is 0 Å². The summed E-state index contributed by atoms with van der Waals surface area (Å²) in [5.74, 6) is 2.45. The molecule has 0 N–H and O–H groups in total. The summed E-state index contributed by atoms with van der Waals surface area (Å²) in [5.41, 5.74) is 17.0. The van der Waals surface area contributed by atoms with Crippen LogP contribution < -0.4 is 0 Å². The third-order valence-corrected chi connectivity index (χ3v) is 17.0. The Balaban J connectivity index is 1.33. The van der Waals surface area contributed by atoms with Gasteiger partial charge in [0.05, 0.1) is 0 Å². The van der Waals surface area contributed by atoms with Gasteiger partial charge in [0, 0.05) is 0 Å². The smallest absolute Gasteiger partial charge is 0.00195 e. The summed E-state index contributed by atoms with van der Waals surface area (Å²) in [7, 11) is 0. The Hall–Kier alpha value is -5.98. The molecule has 0 heteroatoms. The molecule has 0 amide bonds. The minimum atomic E-state index is 0.0252. The van der Waals surface area contributed by atoms with E-state index >= 15 is 0 Å². The van der Waals surface area contributed by atoms with Gasteiger partial charge in [-0.2, -0.15) is 0 Å². The van der Waals surface area contributed by atoms with Gasteiger partial charge in [-0.05, 0) is 248 Å². The summed E-state index contributed by atoms with van der Waals surface area (Å²) < 4.78 is 0. The largest absolute Gasteiger partial charge is 0.0587 e. The number of fused-ring (bicyclic) bond motifs is 11. The predicted molar refractivity (Wildman–Crippen MR) is 322 cm³/mol. The molecule has 11 aromatic carbocycles. The van der Waals surface area contributed by atoms with Gasteiger partial charge in [-0.15, -0.1) is 0 Å². The summed E-state index contributed by atoms with van der Waals surface area (Å²) in [5, 5.41) is 21.8. The first-order valence-corrected chi connectivity index (χ1v) is 27.6. The molecule has 0 bridgehead atoms. The topological polar surface area (TPSA) is 0 Å². The van der Waals surface area contributed by atoms with Gasteiger partial charge >= 0.3 is 0 Å². The summed E-state index contributed by atoms with van der Waals surface area (Å²) in [4.78, 5) is 0. The lowest BCUT2D eigenvalue weighted by molar-refractivity contribution is 0.591. The van der Waals surface area contributed by atoms with Gasteiger partial charge in [0.2, 0.25) is 0 Å². The van der Waals surface area contributed by atoms with E-state index in [2.05, 4.69) is 234 Å². The van der Waals surface area contributed by atoms with Crippen LogP contribution in [-0.2, 0) is 10.8 Å². The molecule has 11 aromatic rings. The average Bonchev–Trinajstić information content (AvgIpc) is 3.81. The Labute approximate surface area is 430 Å². The van der Waals surface area contributed by atoms with E-state index in [0.717, 1.165) is 0 Å². The summed E-state index contributed by atoms with van der Waals surface area (Å²) >= 11 is 0. The molecule has 0 fully saturated rings. The highest BCUT2D eigenvalue weighted by atomic mass is 14.3. The van der Waals surface area contributed by atoms with Crippen molar-refractivity contribution in [3.63, 3.8) is 0 Å². The summed E-state index contributed by atoms with van der Waals surface area (Å²) in [6.07, 6.45) is 0. The van der Waals surface area contributed by atoms with E-state index < -0.39 is 0 Å². The monoisotopic (exact) mass is 943 g/mol. The van der Waals surface area contributed by atoms with Gasteiger partial charge < -0.3 is 0 Å². The van der Waals surface area contributed by atoms with E-state index in [9.17, 15) is 0 Å². The second-order valence-corrected chi connectivity index (χ2v) is 26.1. The van der Waals surface area contributed by atoms with Crippen molar-refractivity contribution < 1.29 is 0 Å². The van der Waals surface area contributed by atoms with Crippen molar-refractivity contribution in [1.29, 1.82) is 0 Å². The highest BCUT2D eigenvalue weighted by Gasteiger charge is 2.27. The van der Waals surface area contributed by atoms with E-state index in [1.807, 2.05) is 0 Å². The van der Waals surface area contributed by atoms with Gasteiger partial charge in [0.25, 0.3) is 0 Å². The highest BCUT2D eigenvalue weighted by Crippen LogP contribution is 2.52. The van der Waals surface area contributed by atoms with E-state index in [-0.39, 0.29) is 10.8 Å². The summed E-state index contributed by atoms with van der Waals surface area (Å²) in [6.45, 7) is 42.6. The van der Waals surface area contributed by atoms with E-state index in [4.69, 9.17) is 0 Å². The first-order valence-electron chi connectivity index (χ1n) is 27.6. The minimum Gasteiger partial charge on any atom is -0.0587 e. The lowest BCUT2D eigenvalue weighted by Gasteiger charge is -2.24. The number of benzene rings is 9. The molecule has 0 atom stereocenters. The van der Waals surface area contributed by atoms with Gasteiger partial charge in [-0.1, -0.05) is 185 Å². The molecule has 0 aliphatic rings. The molecular formula is C72H78. The van der Waals surface area contributed by atoms with Crippen molar-refractivity contribution in [2.45, 2.75) is 171 Å². The molecule has 0 saturated heterocycles. The Bertz CT molecular complexity index is 3660. The lowest BCUT2D eigenvalue weighted by atomic mass is 9.80. The number of rotatable bonds is 8. The lowest BCUT2D eigenvalue weighted by Crippen LogP contribution is -2.10. The zero-order chi connectivity index (χ0) is 51.4. The average molecular weight is 943 g/mol. The molecule has 72 heavy (non-hydrogen) atoms. The van der Waals surface area contributed by atoms with Crippen LogP contribution in [0, 0.1) is 0 Å². The van der Waals surface area contributed by atoms with Crippen molar-refractivity contribution in [3.8, 4) is 22.3 Å². The van der Waals surface area contributed by atoms with Crippen molar-refractivity contribution in [2.75, 3.05) is 0 Å². The molecule has 11 rings (SSSR count). The van der Waals surface area contributed by atoms with Gasteiger partial charge in [-0.3, -0.25) is 0 Å². The van der Waals surface area contributed by atoms with Crippen LogP contribution >= 0.6 is 0 Å². The summed E-state index contributed by atoms with van der Waals surface area (Å²) in [6, 6.07) is 45.3. The van der Waals surface area contributed by atoms with Gasteiger partial charge in [0.1, 0.15) is 0 Å². The van der Waals surface area contributed by atoms with E-state index in [0.29, 0.717) is 35.5 Å². The minimum absolute atomic E-state index is 0.0252. The van der Waals surface area contributed by atoms with Gasteiger partial charge in [0.15, 0.2) is 0 Å². The molecule has 0 radical (unpaired) electrons. The zero-order valence-electron chi connectivity index (χ0n) is 46.9. The van der Waals surface area contributed by atoms with Crippen LogP contribution in [0.15, 0.2) is 109 Å². The normalized spacial score (nSPS) is 13.3. The van der Waals surface area contributed by atoms with Crippen molar-refractivity contribution in [1.82, 2.24) is 0 Å². The van der Waals surface area contributed by atoms with E-state index in [1.165, 1.54) is 153 Å². The van der Waals surface area contributed by atoms with Crippen molar-refractivity contribution >= 4 is 86.2 Å². The molecule has 0 saturated carbocycles. The molecule has 0 unspecified atom stereocenters. The standard InChI is InChI=1S/C72H78/c1-37(2)43-25-53(39(5)6)67(54(26-43)40(7)8)45-29-61-51-23-24-52-60(59(51)35-65-49-21-19-47(71(13,14)15)33-57(49)63(31-45)69(61)65)36-66-50-22-20-48(72(16,17)18)34-58(50)64-32-46(30-62(52)70(64)66)68-55(41(9)10)27-44(38(3)4)28-56(68)42(11)12/h19-42H,1-18H3. The molecule has 0 spiro atoms. The fourth-order valence-corrected chi connectivity index (χ4v) is 12.8. The predicted octanol–water partition coefficient (Wildman–Crippen LogP) is 22.5. The molecule has 0 aliphatic heterocycles. The van der Waals surface area contributed by atoms with Gasteiger partial charge in [-0.25, -0.2) is 0 Å². The zero-order valence-corrected chi connectivity index (χ0v) is 46.9. The molecular weight excluding hydrogens is 865 g/mol. The van der Waals surface area contributed by atoms with Crippen LogP contribution in [0.5, 0.6) is 0 Å². The first-order chi connectivity index (χ1) is 33.9. The molecule has 0 aliphatic carbocycles. The number of hydrogen-bond donors (Lipinski definition) is 0. The molecule has 0 nitrogen and oxygen atoms in total. The van der Waals surface area contributed by atoms with Crippen LogP contribution in [-0.4, -0.2) is 0 Å². The van der Waals surface area contributed by atoms with Crippen LogP contribution in [0.2, 0.25) is 0 Å². The second kappa shape index (κ2) is 16.8. The Morgan fingerprint density at radius 2 is 0.500 bits per heavy atom. The molecule has 366 valence electrons. The maximum atomic E-state index is 2.59. The van der Waals surface area contributed by atoms with Crippen LogP contribution in [0.25, 0.3) is 108 Å². The number of hydrogen-bond acceptors (Lipinski definition) is 0. The Morgan fingerprint density at radius 3 is 0.764 bits per heavy atom. The fraction of sp³-hybridized carbons (Fsp3) is 0.361. The highest BCUT2D eigenvalue weighted by molar-refractivity contribution is 6.40. The molecule has 0 heterocycles. The first kappa shape index (κ1) is 48.3. The molecule has 0 aromatic heterocycles. The maximum absolute atomic E-state index is 2.59. The van der Waals surface area contributed by atoms with Crippen molar-refractivity contribution in [3.05, 3.63) is 154 Å².